The molecule has 4 aliphatic carbocycles. The van der Waals surface area contributed by atoms with Crippen molar-refractivity contribution in [3.63, 3.8) is 0 Å². The minimum absolute atomic E-state index is 0.0507. The largest absolute Gasteiger partial charge is 0.455 e. The molecule has 0 radical (unpaired) electrons. The van der Waals surface area contributed by atoms with Gasteiger partial charge in [0.05, 0.1) is 11.1 Å². The lowest BCUT2D eigenvalue weighted by Gasteiger charge is -2.37. The lowest BCUT2D eigenvalue weighted by Crippen LogP contribution is -2.30. The molecule has 0 bridgehead atoms. The minimum Gasteiger partial charge on any atom is -0.455 e. The van der Waals surface area contributed by atoms with E-state index < -0.39 is 5.41 Å². The van der Waals surface area contributed by atoms with Gasteiger partial charge in [-0.15, -0.1) is 0 Å². The van der Waals surface area contributed by atoms with Crippen LogP contribution in [0.25, 0.3) is 60.9 Å². The van der Waals surface area contributed by atoms with Crippen molar-refractivity contribution in [2.45, 2.75) is 103 Å². The number of benzene rings is 9. The molecule has 0 spiro atoms. The van der Waals surface area contributed by atoms with Gasteiger partial charge in [-0.05, 0) is 148 Å². The van der Waals surface area contributed by atoms with E-state index in [9.17, 15) is 0 Å². The maximum absolute atomic E-state index is 6.65. The smallest absolute Gasteiger partial charge is 0.143 e. The summed E-state index contributed by atoms with van der Waals surface area (Å²) < 4.78 is 6.65. The van der Waals surface area contributed by atoms with E-state index in [1.54, 1.807) is 0 Å². The van der Waals surface area contributed by atoms with Crippen LogP contribution in [0, 0.1) is 5.92 Å². The highest BCUT2D eigenvalue weighted by atomic mass is 16.3. The number of rotatable bonds is 6. The molecule has 0 saturated heterocycles. The molecule has 0 aliphatic heterocycles. The van der Waals surface area contributed by atoms with Crippen molar-refractivity contribution in [1.82, 2.24) is 0 Å². The van der Waals surface area contributed by atoms with Crippen LogP contribution in [0.1, 0.15) is 131 Å². The Hall–Kier alpha value is -7.94. The van der Waals surface area contributed by atoms with Gasteiger partial charge in [-0.3, -0.25) is 0 Å². The summed E-state index contributed by atoms with van der Waals surface area (Å²) in [6.07, 6.45) is 8.05. The highest BCUT2D eigenvalue weighted by molar-refractivity contribution is 6.09. The maximum Gasteiger partial charge on any atom is 0.143 e. The molecular formula is C75H67NO. The van der Waals surface area contributed by atoms with E-state index in [2.05, 4.69) is 280 Å². The molecule has 2 unspecified atom stereocenters. The Morgan fingerprint density at radius 3 is 1.87 bits per heavy atom. The van der Waals surface area contributed by atoms with Crippen LogP contribution < -0.4 is 4.90 Å². The molecule has 77 heavy (non-hydrogen) atoms. The molecule has 378 valence electrons. The van der Waals surface area contributed by atoms with Crippen LogP contribution in [-0.2, 0) is 27.1 Å². The third kappa shape index (κ3) is 6.86. The topological polar surface area (TPSA) is 16.4 Å². The maximum atomic E-state index is 6.65. The molecule has 0 fully saturated rings. The van der Waals surface area contributed by atoms with Crippen LogP contribution in [0.3, 0.4) is 0 Å². The number of hydrogen-bond acceptors (Lipinski definition) is 2. The summed E-state index contributed by atoms with van der Waals surface area (Å²) in [6.45, 7) is 24.0. The van der Waals surface area contributed by atoms with Gasteiger partial charge in [0, 0.05) is 38.7 Å². The molecule has 0 amide bonds. The van der Waals surface area contributed by atoms with Crippen molar-refractivity contribution in [2.24, 2.45) is 5.92 Å². The van der Waals surface area contributed by atoms with Crippen molar-refractivity contribution in [1.29, 1.82) is 0 Å². The number of nitrogens with zero attached hydrogens (tertiary/aromatic N) is 1. The van der Waals surface area contributed by atoms with E-state index in [1.165, 1.54) is 101 Å². The summed E-state index contributed by atoms with van der Waals surface area (Å²) in [6, 6.07) is 72.2. The van der Waals surface area contributed by atoms with Crippen LogP contribution >= 0.6 is 0 Å². The number of para-hydroxylation sites is 2. The normalized spacial score (nSPS) is 18.4. The summed E-state index contributed by atoms with van der Waals surface area (Å²) in [4.78, 5) is 2.65. The second kappa shape index (κ2) is 16.5. The standard InChI is InChI=1S/C75H67NO/c1-71(2,3)49-35-38-60-65(41-49)75(47-21-12-11-13-22-47,48-33-31-46(32-34-48)53-26-20-27-59-58-25-16-19-30-68(58)77-70(53)59)66-42-50(72(4,5)6)43-67(69(60)66)76(51-36-39-56-54-23-14-17-28-61(54)73(7,8)63(56)44-51)52-37-40-57-55-24-15-18-29-62(55)74(9,10)64(57)45-52/h11-28,30-45,62H,29H2,1-10H3. The summed E-state index contributed by atoms with van der Waals surface area (Å²) in [5.74, 6) is 0.437. The monoisotopic (exact) mass is 998 g/mol. The molecular weight excluding hydrogens is 931 g/mol. The quantitative estimate of drug-likeness (QED) is 0.165. The molecule has 2 heteroatoms. The summed E-state index contributed by atoms with van der Waals surface area (Å²) in [5, 5.41) is 2.28. The van der Waals surface area contributed by atoms with Gasteiger partial charge < -0.3 is 9.32 Å². The molecule has 14 rings (SSSR count). The van der Waals surface area contributed by atoms with E-state index in [1.807, 2.05) is 0 Å². The van der Waals surface area contributed by atoms with Gasteiger partial charge in [-0.2, -0.15) is 0 Å². The van der Waals surface area contributed by atoms with Crippen molar-refractivity contribution in [2.75, 3.05) is 4.90 Å². The average molecular weight is 998 g/mol. The van der Waals surface area contributed by atoms with Crippen molar-refractivity contribution in [3.05, 3.63) is 262 Å². The highest BCUT2D eigenvalue weighted by Gasteiger charge is 2.50. The van der Waals surface area contributed by atoms with Gasteiger partial charge in [0.15, 0.2) is 0 Å². The summed E-state index contributed by atoms with van der Waals surface area (Å²) >= 11 is 0. The first kappa shape index (κ1) is 47.5. The lowest BCUT2D eigenvalue weighted by atomic mass is 9.66. The number of furan rings is 1. The zero-order valence-corrected chi connectivity index (χ0v) is 46.3. The summed E-state index contributed by atoms with van der Waals surface area (Å²) in [7, 11) is 0. The molecule has 4 aliphatic rings. The van der Waals surface area contributed by atoms with Gasteiger partial charge in [0.2, 0.25) is 0 Å². The first-order chi connectivity index (χ1) is 37.0. The molecule has 1 aromatic heterocycles. The Balaban J connectivity index is 1.07. The minimum atomic E-state index is -0.685. The number of hydrogen-bond donors (Lipinski definition) is 0. The van der Waals surface area contributed by atoms with Crippen LogP contribution in [-0.4, -0.2) is 0 Å². The molecule has 0 N–H and O–H groups in total. The molecule has 2 atom stereocenters. The fourth-order valence-corrected chi connectivity index (χ4v) is 14.3. The van der Waals surface area contributed by atoms with Crippen LogP contribution in [0.2, 0.25) is 0 Å². The average Bonchev–Trinajstić information content (AvgIpc) is 4.26. The fraction of sp³-hybridized carbons (Fsp3) is 0.227. The highest BCUT2D eigenvalue weighted by Crippen LogP contribution is 2.63. The molecule has 0 saturated carbocycles. The van der Waals surface area contributed by atoms with Crippen LogP contribution in [0.5, 0.6) is 0 Å². The Labute approximate surface area is 455 Å². The van der Waals surface area contributed by atoms with Crippen LogP contribution in [0.4, 0.5) is 17.1 Å². The van der Waals surface area contributed by atoms with Gasteiger partial charge >= 0.3 is 0 Å². The van der Waals surface area contributed by atoms with E-state index in [4.69, 9.17) is 4.42 Å². The van der Waals surface area contributed by atoms with Gasteiger partial charge in [0.25, 0.3) is 0 Å². The fourth-order valence-electron chi connectivity index (χ4n) is 14.3. The van der Waals surface area contributed by atoms with Gasteiger partial charge in [-0.1, -0.05) is 239 Å². The third-order valence-electron chi connectivity index (χ3n) is 18.5. The SMILES string of the molecule is CC(C)(C)c1ccc2c(c1)C(c1ccccc1)(c1ccc(-c3cccc4c3oc3ccccc34)cc1)c1cc(C(C)(C)C)cc(N(c3ccc4c(c3)C(C)(C)c3ccccc3-4)c3ccc4c(c3)C(C)(C)C3CC=CC=C43)c1-2. The zero-order valence-electron chi connectivity index (χ0n) is 46.3. The number of allylic oxidation sites excluding steroid dienone is 4. The van der Waals surface area contributed by atoms with E-state index in [-0.39, 0.29) is 21.7 Å². The first-order valence-corrected chi connectivity index (χ1v) is 27.9. The second-order valence-corrected chi connectivity index (χ2v) is 25.7. The van der Waals surface area contributed by atoms with E-state index >= 15 is 0 Å². The Bertz CT molecular complexity index is 4140. The summed E-state index contributed by atoms with van der Waals surface area (Å²) in [5.41, 5.74) is 26.3. The second-order valence-electron chi connectivity index (χ2n) is 25.7. The predicted molar refractivity (Wildman–Crippen MR) is 324 cm³/mol. The van der Waals surface area contributed by atoms with E-state index in [0.717, 1.165) is 39.5 Å². The van der Waals surface area contributed by atoms with E-state index in [0.29, 0.717) is 5.92 Å². The number of fused-ring (bicyclic) bond motifs is 12. The van der Waals surface area contributed by atoms with Gasteiger partial charge in [-0.25, -0.2) is 0 Å². The van der Waals surface area contributed by atoms with Crippen molar-refractivity contribution in [3.8, 4) is 33.4 Å². The lowest BCUT2D eigenvalue weighted by molar-refractivity contribution is 0.415. The van der Waals surface area contributed by atoms with Crippen LogP contribution in [0.15, 0.2) is 211 Å². The van der Waals surface area contributed by atoms with Gasteiger partial charge in [0.1, 0.15) is 11.2 Å². The Morgan fingerprint density at radius 2 is 1.10 bits per heavy atom. The molecule has 1 heterocycles. The van der Waals surface area contributed by atoms with Crippen molar-refractivity contribution >= 4 is 44.6 Å². The Kier molecular flexibility index (Phi) is 10.2. The van der Waals surface area contributed by atoms with Crippen molar-refractivity contribution < 1.29 is 4.42 Å². The molecule has 10 aromatic rings. The third-order valence-corrected chi connectivity index (χ3v) is 18.5. The molecule has 9 aromatic carbocycles. The predicted octanol–water partition coefficient (Wildman–Crippen LogP) is 20.2. The zero-order chi connectivity index (χ0) is 53.0. The number of anilines is 3. The molecule has 2 nitrogen and oxygen atoms in total. The first-order valence-electron chi connectivity index (χ1n) is 27.9. The Morgan fingerprint density at radius 1 is 0.481 bits per heavy atom.